The third-order valence-electron chi connectivity index (χ3n) is 3.35. The van der Waals surface area contributed by atoms with Gasteiger partial charge in [-0.15, -0.1) is 0 Å². The van der Waals surface area contributed by atoms with Crippen LogP contribution in [-0.4, -0.2) is 43.7 Å². The third kappa shape index (κ3) is 3.87. The van der Waals surface area contributed by atoms with Gasteiger partial charge in [0.2, 0.25) is 0 Å². The van der Waals surface area contributed by atoms with Crippen LogP contribution in [0.15, 0.2) is 18.2 Å². The topological polar surface area (TPSA) is 38.8 Å². The lowest BCUT2D eigenvalue weighted by molar-refractivity contribution is -0.142. The predicted octanol–water partition coefficient (Wildman–Crippen LogP) is 2.53. The first kappa shape index (κ1) is 15.1. The van der Waals surface area contributed by atoms with Crippen molar-refractivity contribution in [1.82, 2.24) is 4.90 Å². The van der Waals surface area contributed by atoms with Gasteiger partial charge in [0.1, 0.15) is 11.9 Å². The van der Waals surface area contributed by atoms with Crippen molar-refractivity contribution in [3.05, 3.63) is 28.8 Å². The number of rotatable bonds is 6. The van der Waals surface area contributed by atoms with Gasteiger partial charge in [-0.2, -0.15) is 0 Å². The first-order chi connectivity index (χ1) is 9.62. The summed E-state index contributed by atoms with van der Waals surface area (Å²) in [6.07, 6.45) is 1.89. The molecule has 5 heteroatoms. The maximum absolute atomic E-state index is 11.4. The zero-order chi connectivity index (χ0) is 14.5. The van der Waals surface area contributed by atoms with Crippen LogP contribution in [0, 0.1) is 0 Å². The zero-order valence-corrected chi connectivity index (χ0v) is 12.7. The van der Waals surface area contributed by atoms with Gasteiger partial charge in [0.05, 0.1) is 13.7 Å². The predicted molar refractivity (Wildman–Crippen MR) is 78.3 cm³/mol. The molecule has 0 aliphatic carbocycles. The molecule has 1 aliphatic rings. The Labute approximate surface area is 124 Å². The number of nitrogens with zero attached hydrogens (tertiary/aromatic N) is 1. The van der Waals surface area contributed by atoms with Crippen molar-refractivity contribution in [2.45, 2.75) is 25.9 Å². The molecule has 0 spiro atoms. The monoisotopic (exact) mass is 297 g/mol. The van der Waals surface area contributed by atoms with E-state index in [1.165, 1.54) is 7.11 Å². The number of benzene rings is 1. The number of hydrogen-bond acceptors (Lipinski definition) is 4. The minimum absolute atomic E-state index is 0.0691. The molecule has 0 fully saturated rings. The highest BCUT2D eigenvalue weighted by atomic mass is 35.5. The summed E-state index contributed by atoms with van der Waals surface area (Å²) in [4.78, 5) is 13.5. The van der Waals surface area contributed by atoms with Crippen LogP contribution in [0.1, 0.15) is 18.9 Å². The maximum Gasteiger partial charge on any atom is 0.319 e. The number of fused-ring (bicyclic) bond motifs is 1. The second kappa shape index (κ2) is 6.95. The lowest BCUT2D eigenvalue weighted by Crippen LogP contribution is -2.39. The van der Waals surface area contributed by atoms with E-state index < -0.39 is 0 Å². The van der Waals surface area contributed by atoms with E-state index in [0.717, 1.165) is 42.3 Å². The highest BCUT2D eigenvalue weighted by Gasteiger charge is 2.25. The van der Waals surface area contributed by atoms with Crippen molar-refractivity contribution in [1.29, 1.82) is 0 Å². The second-order valence-corrected chi connectivity index (χ2v) is 5.44. The summed E-state index contributed by atoms with van der Waals surface area (Å²) in [7, 11) is 1.41. The van der Waals surface area contributed by atoms with Crippen LogP contribution in [0.5, 0.6) is 5.75 Å². The molecule has 0 aromatic heterocycles. The summed E-state index contributed by atoms with van der Waals surface area (Å²) in [6.45, 7) is 3.97. The summed E-state index contributed by atoms with van der Waals surface area (Å²) in [6, 6.07) is 5.69. The molecule has 0 N–H and O–H groups in total. The fourth-order valence-corrected chi connectivity index (χ4v) is 2.67. The maximum atomic E-state index is 11.4. The van der Waals surface area contributed by atoms with Gasteiger partial charge in [-0.3, -0.25) is 9.69 Å². The van der Waals surface area contributed by atoms with E-state index in [0.29, 0.717) is 6.54 Å². The van der Waals surface area contributed by atoms with Gasteiger partial charge in [0, 0.05) is 18.0 Å². The highest BCUT2D eigenvalue weighted by molar-refractivity contribution is 6.30. The van der Waals surface area contributed by atoms with Crippen LogP contribution in [-0.2, 0) is 16.0 Å². The van der Waals surface area contributed by atoms with E-state index in [4.69, 9.17) is 21.1 Å². The van der Waals surface area contributed by atoms with Gasteiger partial charge in [0.15, 0.2) is 0 Å². The molecule has 2 rings (SSSR count). The summed E-state index contributed by atoms with van der Waals surface area (Å²) >= 11 is 5.99. The molecule has 1 unspecified atom stereocenters. The average Bonchev–Trinajstić information content (AvgIpc) is 2.80. The Hall–Kier alpha value is -1.26. The Morgan fingerprint density at radius 3 is 3.05 bits per heavy atom. The Kier molecular flexibility index (Phi) is 5.26. The van der Waals surface area contributed by atoms with E-state index in [2.05, 4.69) is 11.8 Å². The highest BCUT2D eigenvalue weighted by Crippen LogP contribution is 2.31. The molecular weight excluding hydrogens is 278 g/mol. The van der Waals surface area contributed by atoms with Crippen LogP contribution in [0.2, 0.25) is 5.02 Å². The molecule has 0 saturated heterocycles. The van der Waals surface area contributed by atoms with Crippen LogP contribution in [0.4, 0.5) is 0 Å². The Morgan fingerprint density at radius 1 is 1.55 bits per heavy atom. The number of ether oxygens (including phenoxy) is 2. The molecule has 4 nitrogen and oxygen atoms in total. The Balaban J connectivity index is 1.94. The van der Waals surface area contributed by atoms with Crippen LogP contribution >= 0.6 is 11.6 Å². The number of methoxy groups -OCH3 is 1. The molecule has 20 heavy (non-hydrogen) atoms. The minimum atomic E-state index is -0.211. The van der Waals surface area contributed by atoms with Crippen LogP contribution < -0.4 is 4.74 Å². The largest absolute Gasteiger partial charge is 0.488 e. The van der Waals surface area contributed by atoms with E-state index in [1.807, 2.05) is 18.2 Å². The number of carbonyl (C=O) groups excluding carboxylic acids is 1. The summed E-state index contributed by atoms with van der Waals surface area (Å²) < 4.78 is 10.6. The molecule has 110 valence electrons. The lowest BCUT2D eigenvalue weighted by atomic mass is 10.1. The van der Waals surface area contributed by atoms with Crippen molar-refractivity contribution in [3.63, 3.8) is 0 Å². The standard InChI is InChI=1S/C15H20ClNO3/c1-3-6-17(10-15(18)19-2)9-13-8-11-7-12(16)4-5-14(11)20-13/h4-5,7,13H,3,6,8-10H2,1-2H3. The first-order valence-corrected chi connectivity index (χ1v) is 7.24. The van der Waals surface area contributed by atoms with E-state index >= 15 is 0 Å². The summed E-state index contributed by atoms with van der Waals surface area (Å²) in [5, 5.41) is 0.730. The third-order valence-corrected chi connectivity index (χ3v) is 3.58. The fraction of sp³-hybridized carbons (Fsp3) is 0.533. The first-order valence-electron chi connectivity index (χ1n) is 6.86. The van der Waals surface area contributed by atoms with Gasteiger partial charge < -0.3 is 9.47 Å². The Morgan fingerprint density at radius 2 is 2.35 bits per heavy atom. The van der Waals surface area contributed by atoms with E-state index in [9.17, 15) is 4.79 Å². The van der Waals surface area contributed by atoms with Crippen LogP contribution in [0.25, 0.3) is 0 Å². The number of halogens is 1. The van der Waals surface area contributed by atoms with Crippen LogP contribution in [0.3, 0.4) is 0 Å². The molecule has 0 bridgehead atoms. The molecule has 1 heterocycles. The fourth-order valence-electron chi connectivity index (χ4n) is 2.48. The van der Waals surface area contributed by atoms with Crippen molar-refractivity contribution in [2.75, 3.05) is 26.7 Å². The molecule has 0 radical (unpaired) electrons. The minimum Gasteiger partial charge on any atom is -0.488 e. The van der Waals surface area contributed by atoms with Crippen molar-refractivity contribution in [3.8, 4) is 5.75 Å². The molecule has 0 amide bonds. The number of esters is 1. The van der Waals surface area contributed by atoms with Gasteiger partial charge >= 0.3 is 5.97 Å². The van der Waals surface area contributed by atoms with Gasteiger partial charge in [-0.1, -0.05) is 18.5 Å². The van der Waals surface area contributed by atoms with Crippen molar-refractivity contribution < 1.29 is 14.3 Å². The number of carbonyl (C=O) groups is 1. The molecular formula is C15H20ClNO3. The van der Waals surface area contributed by atoms with Gasteiger partial charge in [0.25, 0.3) is 0 Å². The lowest BCUT2D eigenvalue weighted by Gasteiger charge is -2.23. The molecule has 1 aliphatic heterocycles. The normalized spacial score (nSPS) is 16.9. The molecule has 1 aromatic carbocycles. The molecule has 0 saturated carbocycles. The zero-order valence-electron chi connectivity index (χ0n) is 11.9. The summed E-state index contributed by atoms with van der Waals surface area (Å²) in [5.74, 6) is 0.686. The Bertz CT molecular complexity index is 478. The van der Waals surface area contributed by atoms with Crippen molar-refractivity contribution >= 4 is 17.6 Å². The number of hydrogen-bond donors (Lipinski definition) is 0. The molecule has 1 aromatic rings. The van der Waals surface area contributed by atoms with Gasteiger partial charge in [-0.25, -0.2) is 0 Å². The van der Waals surface area contributed by atoms with E-state index in [-0.39, 0.29) is 12.1 Å². The molecule has 1 atom stereocenters. The van der Waals surface area contributed by atoms with Crippen molar-refractivity contribution in [2.24, 2.45) is 0 Å². The quantitative estimate of drug-likeness (QED) is 0.756. The summed E-state index contributed by atoms with van der Waals surface area (Å²) in [5.41, 5.74) is 1.14. The van der Waals surface area contributed by atoms with E-state index in [1.54, 1.807) is 0 Å². The van der Waals surface area contributed by atoms with Gasteiger partial charge in [-0.05, 0) is 36.7 Å². The smallest absolute Gasteiger partial charge is 0.319 e. The average molecular weight is 298 g/mol. The second-order valence-electron chi connectivity index (χ2n) is 5.01. The SMILES string of the molecule is CCCN(CC(=O)OC)CC1Cc2cc(Cl)ccc2O1.